The van der Waals surface area contributed by atoms with Crippen LogP contribution in [-0.2, 0) is 12.4 Å². The molecule has 0 saturated carbocycles. The Balaban J connectivity index is 2.02. The summed E-state index contributed by atoms with van der Waals surface area (Å²) in [4.78, 5) is 24.4. The maximum atomic E-state index is 13.3. The lowest BCUT2D eigenvalue weighted by Gasteiger charge is -2.16. The lowest BCUT2D eigenvalue weighted by molar-refractivity contribution is -0.138. The third-order valence-corrected chi connectivity index (χ3v) is 4.53. The van der Waals surface area contributed by atoms with Gasteiger partial charge in [-0.25, -0.2) is 4.68 Å². The molecule has 0 saturated heterocycles. The molecule has 14 heteroatoms. The molecule has 158 valence electrons. The number of hydrogen-bond donors (Lipinski definition) is 1. The summed E-state index contributed by atoms with van der Waals surface area (Å²) in [5.41, 5.74) is -3.27. The first-order chi connectivity index (χ1) is 13.9. The van der Waals surface area contributed by atoms with E-state index in [1.54, 1.807) is 0 Å². The number of carbonyl (C=O) groups is 1. The van der Waals surface area contributed by atoms with Crippen LogP contribution < -0.4 is 10.7 Å². The molecule has 0 unspecified atom stereocenters. The molecular weight excluding hydrogens is 440 g/mol. The van der Waals surface area contributed by atoms with Gasteiger partial charge in [0.25, 0.3) is 5.91 Å². The van der Waals surface area contributed by atoms with Crippen LogP contribution in [0.2, 0.25) is 0 Å². The monoisotopic (exact) mass is 449 g/mol. The fourth-order valence-corrected chi connectivity index (χ4v) is 3.00. The third kappa shape index (κ3) is 4.32. The topological polar surface area (TPSA) is 89.8 Å². The van der Waals surface area contributed by atoms with Crippen molar-refractivity contribution in [1.29, 1.82) is 0 Å². The minimum absolute atomic E-state index is 0.00326. The zero-order valence-corrected chi connectivity index (χ0v) is 15.5. The second kappa shape index (κ2) is 7.51. The van der Waals surface area contributed by atoms with Gasteiger partial charge in [-0.1, -0.05) is 23.5 Å². The number of hydrogen-bond acceptors (Lipinski definition) is 6. The molecule has 1 N–H and O–H groups in total. The maximum Gasteiger partial charge on any atom is 0.445 e. The fourth-order valence-electron chi connectivity index (χ4n) is 2.39. The molecule has 0 spiro atoms. The van der Waals surface area contributed by atoms with Gasteiger partial charge in [0.2, 0.25) is 15.6 Å². The van der Waals surface area contributed by atoms with Crippen molar-refractivity contribution in [2.45, 2.75) is 19.3 Å². The van der Waals surface area contributed by atoms with E-state index in [4.69, 9.17) is 0 Å². The normalized spacial score (nSPS) is 12.1. The summed E-state index contributed by atoms with van der Waals surface area (Å²) in [6, 6.07) is 5.24. The van der Waals surface area contributed by atoms with Crippen LogP contribution in [0.3, 0.4) is 0 Å². The van der Waals surface area contributed by atoms with Gasteiger partial charge in [-0.3, -0.25) is 14.9 Å². The number of carbonyl (C=O) groups excluding carboxylic acids is 1. The Morgan fingerprint density at radius 2 is 1.73 bits per heavy atom. The number of nitrogens with one attached hydrogen (secondary N) is 1. The van der Waals surface area contributed by atoms with Gasteiger partial charge < -0.3 is 0 Å². The van der Waals surface area contributed by atoms with Crippen molar-refractivity contribution in [2.75, 3.05) is 5.32 Å². The highest BCUT2D eigenvalue weighted by Gasteiger charge is 2.36. The second-order valence-corrected chi connectivity index (χ2v) is 6.77. The van der Waals surface area contributed by atoms with Gasteiger partial charge >= 0.3 is 12.4 Å². The first-order valence-electron chi connectivity index (χ1n) is 7.87. The van der Waals surface area contributed by atoms with Crippen LogP contribution in [-0.4, -0.2) is 25.9 Å². The van der Waals surface area contributed by atoms with E-state index in [1.807, 2.05) is 5.32 Å². The number of anilines is 1. The van der Waals surface area contributed by atoms with E-state index in [0.29, 0.717) is 0 Å². The molecule has 3 aromatic rings. The molecule has 0 atom stereocenters. The van der Waals surface area contributed by atoms with Crippen molar-refractivity contribution in [3.63, 3.8) is 0 Å². The summed E-state index contributed by atoms with van der Waals surface area (Å²) in [7, 11) is 0. The molecule has 2 aromatic heterocycles. The van der Waals surface area contributed by atoms with Gasteiger partial charge in [-0.2, -0.15) is 31.4 Å². The van der Waals surface area contributed by atoms with Crippen LogP contribution in [0.15, 0.2) is 35.1 Å². The highest BCUT2D eigenvalue weighted by Crippen LogP contribution is 2.34. The predicted octanol–water partition coefficient (Wildman–Crippen LogP) is 3.68. The molecule has 2 heterocycles. The largest absolute Gasteiger partial charge is 0.445 e. The highest BCUT2D eigenvalue weighted by atomic mass is 32.1. The molecule has 0 bridgehead atoms. The number of aryl methyl sites for hydroxylation is 1. The van der Waals surface area contributed by atoms with Crippen LogP contribution in [0.5, 0.6) is 0 Å². The van der Waals surface area contributed by atoms with Gasteiger partial charge in [0, 0.05) is 11.8 Å². The van der Waals surface area contributed by atoms with E-state index in [1.165, 1.54) is 13.0 Å². The van der Waals surface area contributed by atoms with Crippen molar-refractivity contribution in [2.24, 2.45) is 0 Å². The van der Waals surface area contributed by atoms with Crippen molar-refractivity contribution in [3.05, 3.63) is 62.5 Å². The number of rotatable bonds is 3. The zero-order valence-electron chi connectivity index (χ0n) is 14.7. The van der Waals surface area contributed by atoms with Crippen molar-refractivity contribution >= 4 is 22.4 Å². The molecule has 30 heavy (non-hydrogen) atoms. The molecule has 7 nitrogen and oxygen atoms in total. The maximum absolute atomic E-state index is 13.3. The number of amides is 1. The molecule has 1 amide bonds. The van der Waals surface area contributed by atoms with E-state index in [-0.39, 0.29) is 17.0 Å². The number of para-hydroxylation sites is 1. The van der Waals surface area contributed by atoms with E-state index >= 15 is 0 Å². The van der Waals surface area contributed by atoms with Gasteiger partial charge in [-0.05, 0) is 19.1 Å². The summed E-state index contributed by atoms with van der Waals surface area (Å²) >= 11 is 0.0137. The first kappa shape index (κ1) is 21.4. The van der Waals surface area contributed by atoms with Gasteiger partial charge in [0.05, 0.1) is 11.3 Å². The summed E-state index contributed by atoms with van der Waals surface area (Å²) < 4.78 is 78.4. The zero-order chi connectivity index (χ0) is 22.3. The smallest absolute Gasteiger partial charge is 0.295 e. The van der Waals surface area contributed by atoms with Crippen LogP contribution >= 0.6 is 11.3 Å². The lowest BCUT2D eigenvalue weighted by atomic mass is 10.1. The standard InChI is InChI=1S/C16H9F6N5O2S/c1-7-6-10(28)11(12(29)23-14-25-24-13(30-14)16(20,21)22)26-27(7)9-5-3-2-4-8(9)15(17,18)19/h2-6H,1H3,(H,23,25,29). The van der Waals surface area contributed by atoms with Crippen LogP contribution in [0.1, 0.15) is 26.8 Å². The third-order valence-electron chi connectivity index (χ3n) is 3.65. The number of benzene rings is 1. The summed E-state index contributed by atoms with van der Waals surface area (Å²) in [5, 5.41) is 9.78. The molecule has 0 aliphatic rings. The minimum atomic E-state index is -4.78. The van der Waals surface area contributed by atoms with Crippen molar-refractivity contribution < 1.29 is 31.1 Å². The molecule has 3 rings (SSSR count). The Hall–Kier alpha value is -3.29. The molecule has 0 aliphatic heterocycles. The number of nitrogens with zero attached hydrogens (tertiary/aromatic N) is 4. The second-order valence-electron chi connectivity index (χ2n) is 5.79. The van der Waals surface area contributed by atoms with Crippen molar-refractivity contribution in [1.82, 2.24) is 20.0 Å². The van der Waals surface area contributed by atoms with E-state index in [0.717, 1.165) is 28.9 Å². The molecule has 0 fully saturated rings. The number of halogens is 6. The average molecular weight is 449 g/mol. The van der Waals surface area contributed by atoms with Gasteiger partial charge in [-0.15, -0.1) is 10.2 Å². The molecule has 1 aromatic carbocycles. The van der Waals surface area contributed by atoms with E-state index in [9.17, 15) is 35.9 Å². The highest BCUT2D eigenvalue weighted by molar-refractivity contribution is 7.15. The predicted molar refractivity (Wildman–Crippen MR) is 92.4 cm³/mol. The Bertz CT molecular complexity index is 1170. The first-order valence-corrected chi connectivity index (χ1v) is 8.69. The molecule has 0 aliphatic carbocycles. The Labute approximate surface area is 167 Å². The quantitative estimate of drug-likeness (QED) is 0.617. The Morgan fingerprint density at radius 1 is 1.07 bits per heavy atom. The molecule has 0 radical (unpaired) electrons. The van der Waals surface area contributed by atoms with Crippen LogP contribution in [0.4, 0.5) is 31.5 Å². The minimum Gasteiger partial charge on any atom is -0.295 e. The Kier molecular flexibility index (Phi) is 5.36. The van der Waals surface area contributed by atoms with Crippen LogP contribution in [0, 0.1) is 6.92 Å². The summed E-state index contributed by atoms with van der Waals surface area (Å²) in [6.45, 7) is 1.31. The van der Waals surface area contributed by atoms with E-state index in [2.05, 4.69) is 15.3 Å². The number of aromatic nitrogens is 4. The summed E-state index contributed by atoms with van der Waals surface area (Å²) in [5.74, 6) is -1.25. The summed E-state index contributed by atoms with van der Waals surface area (Å²) in [6.07, 6.45) is -9.52. The number of alkyl halides is 6. The van der Waals surface area contributed by atoms with E-state index < -0.39 is 50.8 Å². The average Bonchev–Trinajstić information content (AvgIpc) is 3.10. The van der Waals surface area contributed by atoms with Crippen LogP contribution in [0.25, 0.3) is 5.69 Å². The lowest BCUT2D eigenvalue weighted by Crippen LogP contribution is -2.27. The SMILES string of the molecule is Cc1cc(=O)c(C(=O)Nc2nnc(C(F)(F)F)s2)nn1-c1ccccc1C(F)(F)F. The van der Waals surface area contributed by atoms with Gasteiger partial charge in [0.1, 0.15) is 0 Å². The molecular formula is C16H9F6N5O2S. The van der Waals surface area contributed by atoms with Crippen molar-refractivity contribution in [3.8, 4) is 5.69 Å². The van der Waals surface area contributed by atoms with Gasteiger partial charge in [0.15, 0.2) is 5.69 Å². The fraction of sp³-hybridized carbons (Fsp3) is 0.188. The Morgan fingerprint density at radius 3 is 2.33 bits per heavy atom.